The average Bonchev–Trinajstić information content (AvgIpc) is 2.65. The molecule has 0 aliphatic rings. The van der Waals surface area contributed by atoms with Gasteiger partial charge in [-0.2, -0.15) is 0 Å². The van der Waals surface area contributed by atoms with Crippen LogP contribution in [0.1, 0.15) is 29.8 Å². The van der Waals surface area contributed by atoms with Crippen molar-refractivity contribution in [2.45, 2.75) is 31.5 Å². The number of para-hydroxylation sites is 1. The van der Waals surface area contributed by atoms with Crippen molar-refractivity contribution in [3.05, 3.63) is 59.7 Å². The van der Waals surface area contributed by atoms with E-state index in [9.17, 15) is 9.59 Å². The van der Waals surface area contributed by atoms with E-state index in [4.69, 9.17) is 9.47 Å². The molecule has 6 heteroatoms. The number of carbonyl (C=O) groups is 2. The zero-order valence-corrected chi connectivity index (χ0v) is 16.0. The fraction of sp³-hybridized carbons (Fsp3) is 0.300. The normalized spacial score (nSPS) is 10.6. The van der Waals surface area contributed by atoms with E-state index in [0.29, 0.717) is 17.9 Å². The molecule has 0 aliphatic heterocycles. The Kier molecular flexibility index (Phi) is 7.69. The number of anilines is 1. The van der Waals surface area contributed by atoms with Crippen molar-refractivity contribution in [1.82, 2.24) is 0 Å². The van der Waals surface area contributed by atoms with Crippen molar-refractivity contribution in [2.75, 3.05) is 18.2 Å². The number of nitrogens with one attached hydrogen (secondary N) is 1. The predicted octanol–water partition coefficient (Wildman–Crippen LogP) is 4.13. The van der Waals surface area contributed by atoms with Crippen molar-refractivity contribution >= 4 is 29.3 Å². The predicted molar refractivity (Wildman–Crippen MR) is 104 cm³/mol. The quantitative estimate of drug-likeness (QED) is 0.557. The van der Waals surface area contributed by atoms with E-state index in [1.54, 1.807) is 12.1 Å². The molecule has 1 N–H and O–H groups in total. The van der Waals surface area contributed by atoms with E-state index in [1.165, 1.54) is 11.8 Å². The zero-order valence-electron chi connectivity index (χ0n) is 15.2. The molecule has 0 aliphatic carbocycles. The van der Waals surface area contributed by atoms with Crippen LogP contribution in [0.5, 0.6) is 0 Å². The molecule has 0 spiro atoms. The van der Waals surface area contributed by atoms with Crippen molar-refractivity contribution in [1.29, 1.82) is 0 Å². The number of hydrogen-bond acceptors (Lipinski definition) is 5. The lowest BCUT2D eigenvalue weighted by Gasteiger charge is -2.10. The van der Waals surface area contributed by atoms with Gasteiger partial charge in [0.15, 0.2) is 6.61 Å². The molecular formula is C20H23NO4S. The number of carbonyl (C=O) groups excluding carboxylic acids is 2. The lowest BCUT2D eigenvalue weighted by Crippen LogP contribution is -2.21. The van der Waals surface area contributed by atoms with Crippen LogP contribution in [0.15, 0.2) is 53.4 Å². The fourth-order valence-corrected chi connectivity index (χ4v) is 2.70. The minimum absolute atomic E-state index is 0.148. The molecule has 26 heavy (non-hydrogen) atoms. The molecule has 138 valence electrons. The molecule has 0 atom stereocenters. The summed E-state index contributed by atoms with van der Waals surface area (Å²) >= 11 is 1.53. The van der Waals surface area contributed by atoms with Crippen LogP contribution in [0.2, 0.25) is 0 Å². The minimum atomic E-state index is -0.533. The largest absolute Gasteiger partial charge is 0.452 e. The molecule has 5 nitrogen and oxygen atoms in total. The second kappa shape index (κ2) is 9.99. The first-order valence-electron chi connectivity index (χ1n) is 8.30. The first kappa shape index (κ1) is 20.0. The van der Waals surface area contributed by atoms with E-state index in [1.807, 2.05) is 56.5 Å². The lowest BCUT2D eigenvalue weighted by molar-refractivity contribution is -0.119. The number of thioether (sulfide) groups is 1. The third kappa shape index (κ3) is 6.20. The Bertz CT molecular complexity index is 744. The highest BCUT2D eigenvalue weighted by atomic mass is 32.2. The second-order valence-corrected chi connectivity index (χ2v) is 6.73. The third-order valence-electron chi connectivity index (χ3n) is 3.49. The molecule has 0 bridgehead atoms. The maximum absolute atomic E-state index is 12.1. The molecular weight excluding hydrogens is 350 g/mol. The highest BCUT2D eigenvalue weighted by Crippen LogP contribution is 2.24. The van der Waals surface area contributed by atoms with Gasteiger partial charge in [-0.15, -0.1) is 11.8 Å². The Hall–Kier alpha value is -2.31. The van der Waals surface area contributed by atoms with Gasteiger partial charge in [0.05, 0.1) is 24.0 Å². The fourth-order valence-electron chi connectivity index (χ4n) is 2.15. The Morgan fingerprint density at radius 3 is 2.42 bits per heavy atom. The highest BCUT2D eigenvalue weighted by molar-refractivity contribution is 7.98. The van der Waals surface area contributed by atoms with Crippen LogP contribution < -0.4 is 5.32 Å². The van der Waals surface area contributed by atoms with Gasteiger partial charge in [0.1, 0.15) is 0 Å². The number of benzene rings is 2. The van der Waals surface area contributed by atoms with Crippen LogP contribution in [0.4, 0.5) is 5.69 Å². The number of esters is 1. The summed E-state index contributed by atoms with van der Waals surface area (Å²) in [6.07, 6.45) is 2.08. The van der Waals surface area contributed by atoms with Gasteiger partial charge in [0.25, 0.3) is 5.91 Å². The van der Waals surface area contributed by atoms with Crippen molar-refractivity contribution in [3.63, 3.8) is 0 Å². The number of amides is 1. The van der Waals surface area contributed by atoms with E-state index in [-0.39, 0.29) is 18.6 Å². The van der Waals surface area contributed by atoms with E-state index in [0.717, 1.165) is 10.5 Å². The summed E-state index contributed by atoms with van der Waals surface area (Å²) in [4.78, 5) is 25.0. The molecule has 0 aromatic heterocycles. The van der Waals surface area contributed by atoms with Gasteiger partial charge < -0.3 is 14.8 Å². The van der Waals surface area contributed by atoms with Crippen LogP contribution in [0, 0.1) is 0 Å². The summed E-state index contributed by atoms with van der Waals surface area (Å²) in [7, 11) is 0. The molecule has 1 amide bonds. The SMILES string of the molecule is CSc1ccccc1NC(=O)COC(=O)c1ccc(COC(C)C)cc1. The second-order valence-electron chi connectivity index (χ2n) is 5.88. The smallest absolute Gasteiger partial charge is 0.338 e. The van der Waals surface area contributed by atoms with Gasteiger partial charge in [0, 0.05) is 4.90 Å². The molecule has 2 aromatic carbocycles. The Morgan fingerprint density at radius 2 is 1.77 bits per heavy atom. The van der Waals surface area contributed by atoms with Crippen molar-refractivity contribution in [3.8, 4) is 0 Å². The van der Waals surface area contributed by atoms with Crippen LogP contribution in [-0.2, 0) is 20.9 Å². The van der Waals surface area contributed by atoms with Crippen molar-refractivity contribution < 1.29 is 19.1 Å². The van der Waals surface area contributed by atoms with E-state index in [2.05, 4.69) is 5.32 Å². The molecule has 0 heterocycles. The van der Waals surface area contributed by atoms with Gasteiger partial charge >= 0.3 is 5.97 Å². The van der Waals surface area contributed by atoms with E-state index < -0.39 is 5.97 Å². The van der Waals surface area contributed by atoms with Crippen LogP contribution in [0.3, 0.4) is 0 Å². The zero-order chi connectivity index (χ0) is 18.9. The summed E-state index contributed by atoms with van der Waals surface area (Å²) in [6, 6.07) is 14.4. The molecule has 0 saturated carbocycles. The summed E-state index contributed by atoms with van der Waals surface area (Å²) in [6.45, 7) is 4.09. The van der Waals surface area contributed by atoms with Gasteiger partial charge in [-0.3, -0.25) is 4.79 Å². The molecule has 2 rings (SSSR count). The van der Waals surface area contributed by atoms with Gasteiger partial charge in [0.2, 0.25) is 0 Å². The minimum Gasteiger partial charge on any atom is -0.452 e. The van der Waals surface area contributed by atoms with Crippen molar-refractivity contribution in [2.24, 2.45) is 0 Å². The number of ether oxygens (including phenoxy) is 2. The van der Waals surface area contributed by atoms with Gasteiger partial charge in [-0.25, -0.2) is 4.79 Å². The van der Waals surface area contributed by atoms with Crippen LogP contribution >= 0.6 is 11.8 Å². The van der Waals surface area contributed by atoms with Crippen LogP contribution in [0.25, 0.3) is 0 Å². The molecule has 0 radical (unpaired) electrons. The van der Waals surface area contributed by atoms with E-state index >= 15 is 0 Å². The summed E-state index contributed by atoms with van der Waals surface area (Å²) < 4.78 is 10.6. The van der Waals surface area contributed by atoms with Crippen LogP contribution in [-0.4, -0.2) is 30.8 Å². The highest BCUT2D eigenvalue weighted by Gasteiger charge is 2.11. The topological polar surface area (TPSA) is 64.6 Å². The first-order chi connectivity index (χ1) is 12.5. The maximum atomic E-state index is 12.1. The Morgan fingerprint density at radius 1 is 1.08 bits per heavy atom. The lowest BCUT2D eigenvalue weighted by atomic mass is 10.1. The molecule has 0 saturated heterocycles. The first-order valence-corrected chi connectivity index (χ1v) is 9.52. The summed E-state index contributed by atoms with van der Waals surface area (Å²) in [5, 5.41) is 2.75. The Balaban J connectivity index is 1.85. The maximum Gasteiger partial charge on any atom is 0.338 e. The monoisotopic (exact) mass is 373 g/mol. The van der Waals surface area contributed by atoms with Gasteiger partial charge in [-0.1, -0.05) is 24.3 Å². The standard InChI is InChI=1S/C20H23NO4S/c1-14(2)24-12-15-8-10-16(11-9-15)20(23)25-13-19(22)21-17-6-4-5-7-18(17)26-3/h4-11,14H,12-13H2,1-3H3,(H,21,22). The number of hydrogen-bond donors (Lipinski definition) is 1. The number of rotatable bonds is 8. The Labute approximate surface area is 158 Å². The molecule has 0 fully saturated rings. The summed E-state index contributed by atoms with van der Waals surface area (Å²) in [5.41, 5.74) is 2.08. The average molecular weight is 373 g/mol. The summed E-state index contributed by atoms with van der Waals surface area (Å²) in [5.74, 6) is -0.906. The molecule has 2 aromatic rings. The van der Waals surface area contributed by atoms with Gasteiger partial charge in [-0.05, 0) is 49.9 Å². The molecule has 0 unspecified atom stereocenters. The third-order valence-corrected chi connectivity index (χ3v) is 4.28.